The van der Waals surface area contributed by atoms with Gasteiger partial charge in [0.05, 0.1) is 29.8 Å². The van der Waals surface area contributed by atoms with Gasteiger partial charge in [-0.25, -0.2) is 9.37 Å². The third kappa shape index (κ3) is 7.14. The second kappa shape index (κ2) is 13.6. The molecule has 2 atom stereocenters. The van der Waals surface area contributed by atoms with Gasteiger partial charge in [0.2, 0.25) is 0 Å². The minimum Gasteiger partial charge on any atom is -0.493 e. The Hall–Kier alpha value is -3.28. The largest absolute Gasteiger partial charge is 0.493 e. The maximum atomic E-state index is 14.2. The summed E-state index contributed by atoms with van der Waals surface area (Å²) in [6.07, 6.45) is 1.70. The molecule has 0 aliphatic carbocycles. The molecule has 0 saturated carbocycles. The van der Waals surface area contributed by atoms with E-state index in [1.807, 2.05) is 11.4 Å². The van der Waals surface area contributed by atoms with Gasteiger partial charge in [0.15, 0.2) is 17.8 Å². The van der Waals surface area contributed by atoms with Crippen LogP contribution in [0.1, 0.15) is 41.4 Å². The summed E-state index contributed by atoms with van der Waals surface area (Å²) in [7, 11) is 1.49. The number of aliphatic hydroxyl groups is 1. The van der Waals surface area contributed by atoms with Crippen LogP contribution in [0.15, 0.2) is 53.9 Å². The minimum atomic E-state index is -1.13. The molecular weight excluding hydrogens is 571 g/mol. The number of hydrogen-bond acceptors (Lipinski definition) is 8. The third-order valence-electron chi connectivity index (χ3n) is 6.64. The topological polar surface area (TPSA) is 99.1 Å². The normalized spacial score (nSPS) is 16.0. The lowest BCUT2D eigenvalue weighted by Gasteiger charge is -2.22. The van der Waals surface area contributed by atoms with Gasteiger partial charge in [-0.15, -0.1) is 11.3 Å². The van der Waals surface area contributed by atoms with Crippen LogP contribution in [-0.4, -0.2) is 55.8 Å². The summed E-state index contributed by atoms with van der Waals surface area (Å²) in [4.78, 5) is 17.4. The Morgan fingerprint density at radius 3 is 2.90 bits per heavy atom. The molecule has 216 valence electrons. The fourth-order valence-corrected chi connectivity index (χ4v) is 5.73. The van der Waals surface area contributed by atoms with E-state index >= 15 is 0 Å². The highest BCUT2D eigenvalue weighted by atomic mass is 35.5. The molecule has 5 rings (SSSR count). The fraction of sp³-hybridized carbons (Fsp3) is 0.333. The summed E-state index contributed by atoms with van der Waals surface area (Å²) in [5.74, 6) is 0.161. The molecule has 2 unspecified atom stereocenters. The van der Waals surface area contributed by atoms with Crippen LogP contribution >= 0.6 is 22.9 Å². The zero-order valence-corrected chi connectivity index (χ0v) is 24.0. The number of amides is 1. The van der Waals surface area contributed by atoms with Crippen LogP contribution in [0.4, 0.5) is 4.39 Å². The number of carbonyl (C=O) groups is 1. The van der Waals surface area contributed by atoms with E-state index in [9.17, 15) is 14.3 Å². The van der Waals surface area contributed by atoms with Crippen LogP contribution in [0.3, 0.4) is 0 Å². The van der Waals surface area contributed by atoms with Crippen LogP contribution in [0.2, 0.25) is 5.02 Å². The maximum absolute atomic E-state index is 14.2. The van der Waals surface area contributed by atoms with E-state index in [4.69, 9.17) is 30.5 Å². The van der Waals surface area contributed by atoms with Crippen molar-refractivity contribution in [1.82, 2.24) is 10.3 Å². The molecule has 4 aromatic rings. The predicted molar refractivity (Wildman–Crippen MR) is 155 cm³/mol. The number of nitrogens with one attached hydrogen (secondary N) is 1. The number of aromatic nitrogens is 1. The van der Waals surface area contributed by atoms with Crippen LogP contribution in [0.25, 0.3) is 21.3 Å². The van der Waals surface area contributed by atoms with Crippen molar-refractivity contribution in [1.29, 1.82) is 0 Å². The summed E-state index contributed by atoms with van der Waals surface area (Å²) in [6, 6.07) is 12.9. The van der Waals surface area contributed by atoms with Gasteiger partial charge in [-0.1, -0.05) is 23.7 Å². The van der Waals surface area contributed by atoms with E-state index in [0.717, 1.165) is 19.3 Å². The van der Waals surface area contributed by atoms with Crippen molar-refractivity contribution in [2.75, 3.05) is 33.5 Å². The highest BCUT2D eigenvalue weighted by Crippen LogP contribution is 2.36. The molecular formula is C30H30ClFN2O6S. The van der Waals surface area contributed by atoms with Crippen LogP contribution in [0.5, 0.6) is 11.5 Å². The minimum absolute atomic E-state index is 0.105. The highest BCUT2D eigenvalue weighted by Gasteiger charge is 2.18. The van der Waals surface area contributed by atoms with Crippen LogP contribution in [-0.2, 0) is 9.47 Å². The lowest BCUT2D eigenvalue weighted by atomic mass is 10.1. The average Bonchev–Trinajstić information content (AvgIpc) is 3.44. The van der Waals surface area contributed by atoms with Crippen molar-refractivity contribution >= 4 is 38.9 Å². The first-order valence-electron chi connectivity index (χ1n) is 13.3. The van der Waals surface area contributed by atoms with Crippen LogP contribution in [0, 0.1) is 5.82 Å². The summed E-state index contributed by atoms with van der Waals surface area (Å²) < 4.78 is 37.1. The third-order valence-corrected chi connectivity index (χ3v) is 7.87. The van der Waals surface area contributed by atoms with Crippen molar-refractivity contribution in [2.24, 2.45) is 0 Å². The first kappa shape index (κ1) is 29.2. The molecule has 1 saturated heterocycles. The van der Waals surface area contributed by atoms with E-state index in [1.165, 1.54) is 30.6 Å². The number of aliphatic hydroxyl groups excluding tert-OH is 1. The van der Waals surface area contributed by atoms with E-state index < -0.39 is 12.0 Å². The molecule has 8 nitrogen and oxygen atoms in total. The predicted octanol–water partition coefficient (Wildman–Crippen LogP) is 6.15. The summed E-state index contributed by atoms with van der Waals surface area (Å²) in [6.45, 7) is 1.28. The van der Waals surface area contributed by atoms with Crippen molar-refractivity contribution in [3.05, 3.63) is 76.0 Å². The molecule has 1 aliphatic rings. The fourth-order valence-electron chi connectivity index (χ4n) is 4.54. The number of halogens is 2. The van der Waals surface area contributed by atoms with Gasteiger partial charge in [-0.3, -0.25) is 4.79 Å². The number of methoxy groups -OCH3 is 1. The van der Waals surface area contributed by atoms with E-state index in [1.54, 1.807) is 30.3 Å². The molecule has 1 amide bonds. The Kier molecular flexibility index (Phi) is 9.68. The zero-order valence-electron chi connectivity index (χ0n) is 22.4. The molecule has 0 spiro atoms. The first-order chi connectivity index (χ1) is 19.9. The molecule has 3 heterocycles. The molecule has 1 aliphatic heterocycles. The number of fused-ring (bicyclic) bond motifs is 1. The molecule has 0 bridgehead atoms. The van der Waals surface area contributed by atoms with Gasteiger partial charge < -0.3 is 29.4 Å². The number of benzene rings is 2. The Labute approximate surface area is 246 Å². The zero-order chi connectivity index (χ0) is 28.8. The number of thiophene rings is 1. The highest BCUT2D eigenvalue weighted by molar-refractivity contribution is 7.17. The van der Waals surface area contributed by atoms with E-state index in [2.05, 4.69) is 10.3 Å². The molecule has 2 aromatic heterocycles. The standard InChI is InChI=1S/C30H30ClFN2O6S/c1-37-27-13-18(8-9-26(27)38-11-12-40-28-7-2-3-10-39-28)30(36)33-16-25(35)24-15-19(31)14-23(34-24)21-17-41-29-20(21)5-4-6-22(29)32/h4-6,8-9,13-15,17,25,28,35H,2-3,7,10-12,16H2,1H3,(H,33,36). The molecule has 11 heteroatoms. The Bertz CT molecular complexity index is 1510. The first-order valence-corrected chi connectivity index (χ1v) is 14.5. The van der Waals surface area contributed by atoms with Gasteiger partial charge in [-0.2, -0.15) is 0 Å². The quantitative estimate of drug-likeness (QED) is 0.199. The summed E-state index contributed by atoms with van der Waals surface area (Å²) in [5.41, 5.74) is 1.84. The Morgan fingerprint density at radius 1 is 1.22 bits per heavy atom. The van der Waals surface area contributed by atoms with Gasteiger partial charge >= 0.3 is 0 Å². The monoisotopic (exact) mass is 600 g/mol. The Balaban J connectivity index is 1.19. The van der Waals surface area contributed by atoms with Crippen molar-refractivity contribution in [3.8, 4) is 22.8 Å². The molecule has 1 fully saturated rings. The average molecular weight is 601 g/mol. The van der Waals surface area contributed by atoms with Gasteiger partial charge in [-0.05, 0) is 55.7 Å². The summed E-state index contributed by atoms with van der Waals surface area (Å²) >= 11 is 7.61. The van der Waals surface area contributed by atoms with Crippen molar-refractivity contribution in [3.63, 3.8) is 0 Å². The smallest absolute Gasteiger partial charge is 0.251 e. The number of ether oxygens (including phenoxy) is 4. The molecule has 41 heavy (non-hydrogen) atoms. The van der Waals surface area contributed by atoms with Crippen molar-refractivity contribution in [2.45, 2.75) is 31.7 Å². The Morgan fingerprint density at radius 2 is 2.10 bits per heavy atom. The lowest BCUT2D eigenvalue weighted by molar-refractivity contribution is -0.165. The molecule has 2 N–H and O–H groups in total. The molecule has 2 aromatic carbocycles. The number of carbonyl (C=O) groups excluding carboxylic acids is 1. The van der Waals surface area contributed by atoms with Crippen LogP contribution < -0.4 is 14.8 Å². The lowest BCUT2D eigenvalue weighted by Crippen LogP contribution is -2.28. The number of rotatable bonds is 11. The van der Waals surface area contributed by atoms with Gasteiger partial charge in [0.1, 0.15) is 18.5 Å². The van der Waals surface area contributed by atoms with Gasteiger partial charge in [0, 0.05) is 40.1 Å². The summed E-state index contributed by atoms with van der Waals surface area (Å²) in [5, 5.41) is 16.4. The number of pyridine rings is 1. The SMILES string of the molecule is COc1cc(C(=O)NCC(O)c2cc(Cl)cc(-c3csc4c(F)cccc34)n2)ccc1OCCOC1CCCCO1. The van der Waals surface area contributed by atoms with E-state index in [0.29, 0.717) is 63.2 Å². The van der Waals surface area contributed by atoms with E-state index in [-0.39, 0.29) is 24.3 Å². The van der Waals surface area contributed by atoms with Crippen molar-refractivity contribution < 1.29 is 33.2 Å². The molecule has 0 radical (unpaired) electrons. The number of nitrogens with zero attached hydrogens (tertiary/aromatic N) is 1. The number of hydrogen-bond donors (Lipinski definition) is 2. The maximum Gasteiger partial charge on any atom is 0.251 e. The second-order valence-corrected chi connectivity index (χ2v) is 10.8. The second-order valence-electron chi connectivity index (χ2n) is 9.47. The van der Waals surface area contributed by atoms with Gasteiger partial charge in [0.25, 0.3) is 5.91 Å².